The van der Waals surface area contributed by atoms with Crippen LogP contribution in [0.3, 0.4) is 0 Å². The lowest BCUT2D eigenvalue weighted by Crippen LogP contribution is -2.64. The lowest BCUT2D eigenvalue weighted by molar-refractivity contribution is -0.137. The van der Waals surface area contributed by atoms with Crippen molar-refractivity contribution in [2.24, 2.45) is 0 Å². The SMILES string of the molecule is CC[Si](CC)(CC)CCCC(CCC[Si](CC)(CC)CC)(NC(=O)[C@H](C)NC(=O)OCc1ccccc1)C(=O)N[C@@H](C)C(=O)NC(C)C.CC[Si](CC)(CC)CCCC(CCC[Si](CC)(CC)CC)(NC(=O)[C@H](C)NC(=O)OCc1ccccc1)C(=O)N[C@@H](C)C(=O)NC(C)C.CC[Si](CC)(CC)CCCC(CCC[Si](CC)(CC)CC)(NC(=O)[C@H](C)NC(=O)OCc1ccccc1)C(=O)N[C@@H](C)C(=O)NC(C)C. The zero-order valence-corrected chi connectivity index (χ0v) is 102. The molecule has 0 fully saturated rings. The van der Waals surface area contributed by atoms with Gasteiger partial charge in [-0.2, -0.15) is 0 Å². The lowest BCUT2D eigenvalue weighted by Gasteiger charge is -2.38. The Hall–Kier alpha value is -8.00. The molecule has 0 aliphatic rings. The average molecular weight is 2120 g/mol. The molecule has 3 rings (SSSR count). The summed E-state index contributed by atoms with van der Waals surface area (Å²) in [5.74, 6) is -3.15. The number of ether oxygens (including phenoxy) is 3. The molecule has 3 aromatic rings. The summed E-state index contributed by atoms with van der Waals surface area (Å²) in [6.45, 7) is 62.5. The molecule has 12 N–H and O–H groups in total. The molecule has 0 aromatic heterocycles. The van der Waals surface area contributed by atoms with Crippen LogP contribution in [0.15, 0.2) is 91.0 Å². The van der Waals surface area contributed by atoms with Crippen LogP contribution in [0.2, 0.25) is 145 Å². The van der Waals surface area contributed by atoms with Crippen LogP contribution in [0.4, 0.5) is 14.4 Å². The van der Waals surface area contributed by atoms with Gasteiger partial charge in [-0.25, -0.2) is 14.4 Å². The summed E-state index contributed by atoms with van der Waals surface area (Å²) in [5, 5.41) is 35.0. The van der Waals surface area contributed by atoms with Crippen LogP contribution in [0.1, 0.15) is 301 Å². The fraction of sp³-hybridized carbons (Fsp3) is 0.730. The van der Waals surface area contributed by atoms with Crippen molar-refractivity contribution in [1.29, 1.82) is 0 Å². The summed E-state index contributed by atoms with van der Waals surface area (Å²) < 4.78 is 16.1. The summed E-state index contributed by atoms with van der Waals surface area (Å²) in [6, 6.07) is 50.4. The first kappa shape index (κ1) is 134. The van der Waals surface area contributed by atoms with E-state index < -0.39 is 137 Å². The van der Waals surface area contributed by atoms with Crippen LogP contribution < -0.4 is 63.8 Å². The number of nitrogens with one attached hydrogen (secondary N) is 12. The largest absolute Gasteiger partial charge is 0.445 e. The minimum atomic E-state index is -1.49. The van der Waals surface area contributed by atoms with Crippen molar-refractivity contribution < 1.29 is 71.7 Å². The highest BCUT2D eigenvalue weighted by molar-refractivity contribution is 6.81. The standard InChI is InChI=1S/3C37H68N4O5Si2/c3*1-11-47(12-2,13-3)26-20-24-37(25-21-27-48(14-4,15-5)16-6,35(44)39-30(9)33(42)38-29(7)8)41-34(43)31(10)40-36(45)46-28-32-22-18-17-19-23-32/h3*17-19,22-23,29-31H,11-16,20-21,24-28H2,1-10H3,(H,38,42)(H,39,44)(H,40,45)(H,41,43)/t3*30-,31-/m000/s1. The minimum absolute atomic E-state index is 0.0692. The van der Waals surface area contributed by atoms with Crippen LogP contribution in [0.25, 0.3) is 0 Å². The smallest absolute Gasteiger partial charge is 0.408 e. The van der Waals surface area contributed by atoms with Gasteiger partial charge in [-0.15, -0.1) is 0 Å². The topological polar surface area (TPSA) is 377 Å². The Morgan fingerprint density at radius 3 is 0.521 bits per heavy atom. The van der Waals surface area contributed by atoms with Crippen molar-refractivity contribution >= 4 is 120 Å². The van der Waals surface area contributed by atoms with Gasteiger partial charge in [0.25, 0.3) is 0 Å². The zero-order valence-electron chi connectivity index (χ0n) is 95.6. The molecule has 0 saturated heterocycles. The van der Waals surface area contributed by atoms with Crippen LogP contribution >= 0.6 is 0 Å². The average Bonchev–Trinajstić information content (AvgIpc) is 0.811. The number of carbonyl (C=O) groups is 12. The molecule has 822 valence electrons. The highest BCUT2D eigenvalue weighted by atomic mass is 28.3. The molecule has 33 heteroatoms. The van der Waals surface area contributed by atoms with Gasteiger partial charge in [0.15, 0.2) is 0 Å². The Morgan fingerprint density at radius 2 is 0.375 bits per heavy atom. The molecule has 3 aromatic carbocycles. The molecule has 144 heavy (non-hydrogen) atoms. The summed E-state index contributed by atoms with van der Waals surface area (Å²) in [7, 11) is -8.97. The number of amides is 12. The van der Waals surface area contributed by atoms with E-state index in [1.165, 1.54) is 109 Å². The first-order valence-electron chi connectivity index (χ1n) is 55.8. The molecule has 0 aliphatic carbocycles. The molecule has 12 amide bonds. The molecular weight excluding hydrogens is 1910 g/mol. The molecule has 0 heterocycles. The highest BCUT2D eigenvalue weighted by Crippen LogP contribution is 2.39. The van der Waals surface area contributed by atoms with Crippen molar-refractivity contribution in [2.45, 2.75) is 521 Å². The van der Waals surface area contributed by atoms with E-state index in [-0.39, 0.29) is 73.4 Å². The molecule has 0 unspecified atom stereocenters. The number of carbonyl (C=O) groups excluding carboxylic acids is 12. The summed E-state index contributed by atoms with van der Waals surface area (Å²) >= 11 is 0. The van der Waals surface area contributed by atoms with Crippen LogP contribution in [-0.2, 0) is 77.2 Å². The Kier molecular flexibility index (Phi) is 64.5. The van der Waals surface area contributed by atoms with Crippen LogP contribution in [0, 0.1) is 0 Å². The summed E-state index contributed by atoms with van der Waals surface area (Å²) in [5.41, 5.74) is -1.15. The minimum Gasteiger partial charge on any atom is -0.445 e. The van der Waals surface area contributed by atoms with Gasteiger partial charge in [0, 0.05) is 18.1 Å². The molecule has 0 radical (unpaired) electrons. The Labute approximate surface area is 878 Å². The first-order valence-corrected chi connectivity index (χ1v) is 72.8. The highest BCUT2D eigenvalue weighted by Gasteiger charge is 2.48. The Morgan fingerprint density at radius 1 is 0.222 bits per heavy atom. The fourth-order valence-electron chi connectivity index (χ4n) is 20.4. The monoisotopic (exact) mass is 2110 g/mol. The Balaban J connectivity index is 0.00000108. The lowest BCUT2D eigenvalue weighted by atomic mass is 9.86. The van der Waals surface area contributed by atoms with Gasteiger partial charge in [-0.3, -0.25) is 43.2 Å². The van der Waals surface area contributed by atoms with E-state index in [0.29, 0.717) is 38.5 Å². The molecular formula is C111H204N12O15Si6. The molecule has 6 atom stereocenters. The fourth-order valence-corrected chi connectivity index (χ4v) is 41.3. The van der Waals surface area contributed by atoms with E-state index in [4.69, 9.17) is 14.2 Å². The van der Waals surface area contributed by atoms with Gasteiger partial charge in [-0.05, 0) is 138 Å². The quantitative estimate of drug-likeness (QED) is 0.0185. The maximum Gasteiger partial charge on any atom is 0.408 e. The van der Waals surface area contributed by atoms with Crippen molar-refractivity contribution in [2.75, 3.05) is 0 Å². The van der Waals surface area contributed by atoms with E-state index >= 15 is 0 Å². The van der Waals surface area contributed by atoms with E-state index in [1.54, 1.807) is 41.5 Å². The van der Waals surface area contributed by atoms with E-state index in [1.807, 2.05) is 133 Å². The van der Waals surface area contributed by atoms with Crippen LogP contribution in [0.5, 0.6) is 0 Å². The van der Waals surface area contributed by atoms with Crippen LogP contribution in [-0.4, -0.2) is 191 Å². The van der Waals surface area contributed by atoms with Gasteiger partial charge >= 0.3 is 18.3 Å². The number of alkyl carbamates (subject to hydrolysis) is 3. The third kappa shape index (κ3) is 46.4. The predicted octanol–water partition coefficient (Wildman–Crippen LogP) is 23.3. The maximum absolute atomic E-state index is 14.4. The molecule has 0 bridgehead atoms. The van der Waals surface area contributed by atoms with E-state index in [9.17, 15) is 57.5 Å². The molecule has 0 saturated carbocycles. The normalized spacial score (nSPS) is 13.4. The maximum atomic E-state index is 14.4. The molecule has 27 nitrogen and oxygen atoms in total. The first-order chi connectivity index (χ1) is 68.1. The second-order valence-corrected chi connectivity index (χ2v) is 76.3. The van der Waals surface area contributed by atoms with Crippen molar-refractivity contribution in [3.63, 3.8) is 0 Å². The summed E-state index contributed by atoms with van der Waals surface area (Å²) in [4.78, 5) is 162. The van der Waals surface area contributed by atoms with Gasteiger partial charge in [0.05, 0.1) is 48.4 Å². The summed E-state index contributed by atoms with van der Waals surface area (Å²) in [6.07, 6.45) is 5.57. The van der Waals surface area contributed by atoms with Crippen molar-refractivity contribution in [1.82, 2.24) is 63.8 Å². The third-order valence-electron chi connectivity index (χ3n) is 33.1. The molecule has 0 aliphatic heterocycles. The predicted molar refractivity (Wildman–Crippen MR) is 610 cm³/mol. The van der Waals surface area contributed by atoms with Gasteiger partial charge in [0.2, 0.25) is 53.2 Å². The number of hydrogen-bond acceptors (Lipinski definition) is 15. The van der Waals surface area contributed by atoms with Gasteiger partial charge in [0.1, 0.15) is 72.7 Å². The zero-order chi connectivity index (χ0) is 109. The Bertz CT molecular complexity index is 3670. The van der Waals surface area contributed by atoms with Gasteiger partial charge < -0.3 is 78.0 Å². The number of hydrogen-bond donors (Lipinski definition) is 12. The van der Waals surface area contributed by atoms with Gasteiger partial charge in [-0.1, -0.05) is 399 Å². The van der Waals surface area contributed by atoms with E-state index in [0.717, 1.165) is 91.5 Å². The third-order valence-corrected chi connectivity index (χ3v) is 68.6. The number of rotatable bonds is 69. The van der Waals surface area contributed by atoms with E-state index in [2.05, 4.69) is 188 Å². The molecule has 0 spiro atoms. The van der Waals surface area contributed by atoms with Crippen molar-refractivity contribution in [3.05, 3.63) is 108 Å². The second-order valence-electron chi connectivity index (χ2n) is 42.6. The number of benzene rings is 3. The van der Waals surface area contributed by atoms with Crippen molar-refractivity contribution in [3.8, 4) is 0 Å². The second kappa shape index (κ2) is 69.3.